The molecule has 0 aliphatic carbocycles. The van der Waals surface area contributed by atoms with E-state index < -0.39 is 0 Å². The second-order valence-corrected chi connectivity index (χ2v) is 2.74. The van der Waals surface area contributed by atoms with Crippen molar-refractivity contribution in [3.63, 3.8) is 0 Å². The molecule has 0 aliphatic rings. The van der Waals surface area contributed by atoms with Crippen molar-refractivity contribution in [3.8, 4) is 11.8 Å². The zero-order chi connectivity index (χ0) is 8.43. The van der Waals surface area contributed by atoms with Gasteiger partial charge < -0.3 is 10.2 Å². The Morgan fingerprint density at radius 1 is 1.64 bits per heavy atom. The summed E-state index contributed by atoms with van der Waals surface area (Å²) in [5.41, 5.74) is 0.136. The minimum absolute atomic E-state index is 0.136. The molecule has 0 saturated carbocycles. The van der Waals surface area contributed by atoms with Crippen LogP contribution in [0.5, 0.6) is 11.8 Å². The summed E-state index contributed by atoms with van der Waals surface area (Å²) in [7, 11) is 0. The van der Waals surface area contributed by atoms with Gasteiger partial charge in [0.1, 0.15) is 0 Å². The molecule has 0 aromatic carbocycles. The number of nitrogens with one attached hydrogen (secondary N) is 1. The van der Waals surface area contributed by atoms with E-state index in [2.05, 4.69) is 4.98 Å². The molecule has 0 amide bonds. The molecule has 4 nitrogen and oxygen atoms in total. The first kappa shape index (κ1) is 8.38. The van der Waals surface area contributed by atoms with Gasteiger partial charge in [0.25, 0.3) is 0 Å². The molecular formula is C6H6INO3. The van der Waals surface area contributed by atoms with Gasteiger partial charge in [-0.25, -0.2) is 0 Å². The van der Waals surface area contributed by atoms with Gasteiger partial charge in [-0.2, -0.15) is 0 Å². The molecule has 5 heteroatoms. The number of aromatic hydroxyl groups is 2. The van der Waals surface area contributed by atoms with E-state index in [4.69, 9.17) is 10.2 Å². The molecule has 0 fully saturated rings. The van der Waals surface area contributed by atoms with Crippen molar-refractivity contribution in [2.75, 3.05) is 4.43 Å². The van der Waals surface area contributed by atoms with Crippen molar-refractivity contribution < 1.29 is 15.0 Å². The molecule has 0 bridgehead atoms. The second kappa shape index (κ2) is 3.12. The van der Waals surface area contributed by atoms with Crippen LogP contribution in [-0.4, -0.2) is 25.4 Å². The molecular weight excluding hydrogens is 261 g/mol. The predicted molar refractivity (Wildman–Crippen MR) is 47.3 cm³/mol. The van der Waals surface area contributed by atoms with E-state index in [0.717, 1.165) is 0 Å². The summed E-state index contributed by atoms with van der Waals surface area (Å²) in [6.07, 6.45) is 0. The smallest absolute Gasteiger partial charge is 0.202 e. The maximum atomic E-state index is 10.9. The molecule has 0 radical (unpaired) electrons. The van der Waals surface area contributed by atoms with Gasteiger partial charge in [-0.15, -0.1) is 0 Å². The van der Waals surface area contributed by atoms with E-state index in [1.54, 1.807) is 0 Å². The molecule has 0 saturated heterocycles. The fourth-order valence-electron chi connectivity index (χ4n) is 0.714. The third-order valence-electron chi connectivity index (χ3n) is 1.20. The number of carbonyl (C=O) groups excluding carboxylic acids is 1. The maximum absolute atomic E-state index is 10.9. The first-order valence-corrected chi connectivity index (χ1v) is 4.38. The van der Waals surface area contributed by atoms with Crippen LogP contribution in [0.4, 0.5) is 0 Å². The topological polar surface area (TPSA) is 73.3 Å². The number of hydrogen-bond acceptors (Lipinski definition) is 3. The minimum Gasteiger partial charge on any atom is -0.494 e. The lowest BCUT2D eigenvalue weighted by atomic mass is 10.2. The van der Waals surface area contributed by atoms with E-state index in [-0.39, 0.29) is 27.5 Å². The molecule has 1 aromatic heterocycles. The Morgan fingerprint density at radius 3 is 2.64 bits per heavy atom. The van der Waals surface area contributed by atoms with Crippen LogP contribution in [-0.2, 0) is 0 Å². The number of H-pyrrole nitrogens is 1. The van der Waals surface area contributed by atoms with Gasteiger partial charge in [0.05, 0.1) is 9.99 Å². The van der Waals surface area contributed by atoms with Crippen LogP contribution in [0.1, 0.15) is 10.4 Å². The lowest BCUT2D eigenvalue weighted by molar-refractivity contribution is 0.102. The van der Waals surface area contributed by atoms with E-state index in [9.17, 15) is 4.79 Å². The van der Waals surface area contributed by atoms with Crippen LogP contribution in [0.25, 0.3) is 0 Å². The summed E-state index contributed by atoms with van der Waals surface area (Å²) in [6.45, 7) is 0. The number of aromatic amines is 1. The molecule has 1 rings (SSSR count). The Labute approximate surface area is 76.4 Å². The van der Waals surface area contributed by atoms with E-state index >= 15 is 0 Å². The van der Waals surface area contributed by atoms with Crippen LogP contribution in [0.15, 0.2) is 6.07 Å². The van der Waals surface area contributed by atoms with Crippen molar-refractivity contribution in [3.05, 3.63) is 11.6 Å². The van der Waals surface area contributed by atoms with Gasteiger partial charge >= 0.3 is 0 Å². The SMILES string of the molecule is O=C(CI)c1cc(O)[nH]c1O. The summed E-state index contributed by atoms with van der Waals surface area (Å²) in [6, 6.07) is 1.20. The number of aromatic nitrogens is 1. The fourth-order valence-corrected chi connectivity index (χ4v) is 1.13. The molecule has 1 heterocycles. The molecule has 0 spiro atoms. The number of halogens is 1. The van der Waals surface area contributed by atoms with E-state index in [0.29, 0.717) is 0 Å². The van der Waals surface area contributed by atoms with Crippen LogP contribution in [0.2, 0.25) is 0 Å². The van der Waals surface area contributed by atoms with Gasteiger partial charge in [0, 0.05) is 6.07 Å². The van der Waals surface area contributed by atoms with Gasteiger partial charge in [0.15, 0.2) is 11.7 Å². The Kier molecular flexibility index (Phi) is 2.38. The van der Waals surface area contributed by atoms with Gasteiger partial charge in [-0.05, 0) is 0 Å². The summed E-state index contributed by atoms with van der Waals surface area (Å²) in [5.74, 6) is -0.681. The van der Waals surface area contributed by atoms with Crippen LogP contribution in [0.3, 0.4) is 0 Å². The highest BCUT2D eigenvalue weighted by Crippen LogP contribution is 2.22. The normalized spacial score (nSPS) is 9.91. The quantitative estimate of drug-likeness (QED) is 0.426. The van der Waals surface area contributed by atoms with Gasteiger partial charge in [0.2, 0.25) is 5.88 Å². The van der Waals surface area contributed by atoms with Crippen molar-refractivity contribution in [2.45, 2.75) is 0 Å². The molecule has 0 aliphatic heterocycles. The lowest BCUT2D eigenvalue weighted by Gasteiger charge is -1.90. The predicted octanol–water partition coefficient (Wildman–Crippen LogP) is 1.04. The molecule has 60 valence electrons. The van der Waals surface area contributed by atoms with Crippen LogP contribution < -0.4 is 0 Å². The highest BCUT2D eigenvalue weighted by atomic mass is 127. The third-order valence-corrected chi connectivity index (χ3v) is 1.90. The first-order valence-electron chi connectivity index (χ1n) is 2.85. The average molecular weight is 267 g/mol. The first-order chi connectivity index (χ1) is 5.15. The Hall–Kier alpha value is -0.720. The van der Waals surface area contributed by atoms with Crippen molar-refractivity contribution in [2.24, 2.45) is 0 Å². The van der Waals surface area contributed by atoms with E-state index in [1.165, 1.54) is 6.07 Å². The maximum Gasteiger partial charge on any atom is 0.202 e. The molecule has 3 N–H and O–H groups in total. The fraction of sp³-hybridized carbons (Fsp3) is 0.167. The number of hydrogen-bond donors (Lipinski definition) is 3. The Balaban J connectivity index is 3.03. The number of rotatable bonds is 2. The second-order valence-electron chi connectivity index (χ2n) is 1.97. The standard InChI is InChI=1S/C6H6INO3/c7-2-4(9)3-1-5(10)8-6(3)11/h1,8,10-11H,2H2. The van der Waals surface area contributed by atoms with Gasteiger partial charge in [-0.3, -0.25) is 9.78 Å². The molecule has 0 atom stereocenters. The number of carbonyl (C=O) groups is 1. The van der Waals surface area contributed by atoms with Crippen LogP contribution in [0, 0.1) is 0 Å². The Bertz CT molecular complexity index is 281. The number of Topliss-reactive ketones (excluding diaryl/α,β-unsaturated/α-hetero) is 1. The van der Waals surface area contributed by atoms with E-state index in [1.807, 2.05) is 22.6 Å². The van der Waals surface area contributed by atoms with Crippen molar-refractivity contribution in [1.29, 1.82) is 0 Å². The summed E-state index contributed by atoms with van der Waals surface area (Å²) < 4.78 is 0.280. The summed E-state index contributed by atoms with van der Waals surface area (Å²) in [4.78, 5) is 13.2. The Morgan fingerprint density at radius 2 is 2.27 bits per heavy atom. The molecule has 11 heavy (non-hydrogen) atoms. The zero-order valence-corrected chi connectivity index (χ0v) is 7.62. The highest BCUT2D eigenvalue weighted by molar-refractivity contribution is 14.1. The molecule has 0 unspecified atom stereocenters. The summed E-state index contributed by atoms with van der Waals surface area (Å²) in [5, 5.41) is 17.8. The number of alkyl halides is 1. The number of ketones is 1. The average Bonchev–Trinajstić information content (AvgIpc) is 2.28. The third kappa shape index (κ3) is 1.65. The van der Waals surface area contributed by atoms with Crippen LogP contribution >= 0.6 is 22.6 Å². The zero-order valence-electron chi connectivity index (χ0n) is 5.47. The van der Waals surface area contributed by atoms with Crippen molar-refractivity contribution >= 4 is 28.4 Å². The molecule has 1 aromatic rings. The minimum atomic E-state index is -0.274. The lowest BCUT2D eigenvalue weighted by Crippen LogP contribution is -1.97. The highest BCUT2D eigenvalue weighted by Gasteiger charge is 2.12. The monoisotopic (exact) mass is 267 g/mol. The van der Waals surface area contributed by atoms with Crippen molar-refractivity contribution in [1.82, 2.24) is 4.98 Å². The largest absolute Gasteiger partial charge is 0.494 e. The summed E-state index contributed by atoms with van der Waals surface area (Å²) >= 11 is 1.89. The van der Waals surface area contributed by atoms with Gasteiger partial charge in [-0.1, -0.05) is 22.6 Å².